The van der Waals surface area contributed by atoms with Gasteiger partial charge in [0.15, 0.2) is 9.76 Å². The fourth-order valence-corrected chi connectivity index (χ4v) is 1.90. The molecule has 0 amide bonds. The maximum atomic E-state index is 8.34. The van der Waals surface area contributed by atoms with E-state index in [2.05, 4.69) is 4.21 Å². The first-order valence-corrected chi connectivity index (χ1v) is 7.62. The van der Waals surface area contributed by atoms with E-state index in [-0.39, 0.29) is 0 Å². The Bertz CT molecular complexity index is 141. The Labute approximate surface area is 98.8 Å². The van der Waals surface area contributed by atoms with Crippen LogP contribution in [-0.2, 0) is 4.21 Å². The molecule has 0 atom stereocenters. The number of nitrogens with two attached hydrogens (primary N) is 1. The van der Waals surface area contributed by atoms with Crippen LogP contribution in [0.1, 0.15) is 13.3 Å². The molecular weight excluding hydrogens is 253 g/mol. The summed E-state index contributed by atoms with van der Waals surface area (Å²) in [6.45, 7) is 0.841. The van der Waals surface area contributed by atoms with Gasteiger partial charge in [-0.25, -0.2) is 0 Å². The summed E-state index contributed by atoms with van der Waals surface area (Å²) in [5.41, 5.74) is 3.94. The highest BCUT2D eigenvalue weighted by Gasteiger charge is 2.20. The molecule has 0 heterocycles. The van der Waals surface area contributed by atoms with E-state index < -0.39 is 43.7 Å². The molecule has 0 spiro atoms. The third-order valence-corrected chi connectivity index (χ3v) is 4.30. The summed E-state index contributed by atoms with van der Waals surface area (Å²) < 4.78 is 4.60. The van der Waals surface area contributed by atoms with E-state index in [9.17, 15) is 0 Å². The quantitative estimate of drug-likeness (QED) is 0.176. The van der Waals surface area contributed by atoms with E-state index >= 15 is 0 Å². The Kier molecular flexibility index (Phi) is 13.9. The normalized spacial score (nSPS) is 12.0. The van der Waals surface area contributed by atoms with Crippen LogP contribution in [0.2, 0.25) is 6.04 Å². The molecule has 0 aromatic heterocycles. The van der Waals surface area contributed by atoms with E-state index in [1.807, 2.05) is 6.92 Å². The minimum absolute atomic E-state index is 0.403. The molecule has 0 rings (SSSR count). The Morgan fingerprint density at radius 2 is 1.62 bits per heavy atom. The maximum Gasteiger partial charge on any atom is 0.315 e. The standard InChI is InChI=1S/C4H11NO3.C3H11O3PSi/c5-4(1-6,2-7)3-8;1-2-3-8-6-7(4)5/h6-8H,1-3,5H2;4-5H,2-3,8H2,1H3. The van der Waals surface area contributed by atoms with Gasteiger partial charge in [0.05, 0.1) is 25.4 Å². The van der Waals surface area contributed by atoms with Gasteiger partial charge in [-0.2, -0.15) is 0 Å². The second kappa shape index (κ2) is 11.8. The second-order valence-electron chi connectivity index (χ2n) is 3.28. The van der Waals surface area contributed by atoms with Crippen molar-refractivity contribution < 1.29 is 29.3 Å². The van der Waals surface area contributed by atoms with E-state index in [1.54, 1.807) is 0 Å². The van der Waals surface area contributed by atoms with Crippen molar-refractivity contribution >= 4 is 18.4 Å². The number of aliphatic hydroxyl groups excluding tert-OH is 3. The fraction of sp³-hybridized carbons (Fsp3) is 1.00. The molecule has 0 aliphatic heterocycles. The fourth-order valence-electron chi connectivity index (χ4n) is 0.441. The number of aliphatic hydroxyl groups is 3. The van der Waals surface area contributed by atoms with Gasteiger partial charge >= 0.3 is 8.60 Å². The summed E-state index contributed by atoms with van der Waals surface area (Å²) >= 11 is 0. The molecule has 0 aliphatic rings. The Morgan fingerprint density at radius 1 is 1.19 bits per heavy atom. The number of rotatable bonds is 7. The molecule has 7 N–H and O–H groups in total. The topological polar surface area (TPSA) is 136 Å². The van der Waals surface area contributed by atoms with Crippen LogP contribution in [0.4, 0.5) is 0 Å². The lowest BCUT2D eigenvalue weighted by Gasteiger charge is -2.20. The lowest BCUT2D eigenvalue weighted by molar-refractivity contribution is 0.0697. The van der Waals surface area contributed by atoms with Crippen LogP contribution in [0, 0.1) is 0 Å². The van der Waals surface area contributed by atoms with Gasteiger partial charge in [-0.05, 0) is 6.04 Å². The molecule has 7 nitrogen and oxygen atoms in total. The van der Waals surface area contributed by atoms with Crippen molar-refractivity contribution in [3.05, 3.63) is 0 Å². The predicted octanol–water partition coefficient (Wildman–Crippen LogP) is -2.21. The molecule has 0 saturated heterocycles. The molecule has 0 aromatic carbocycles. The van der Waals surface area contributed by atoms with E-state index in [0.29, 0.717) is 0 Å². The molecule has 0 fully saturated rings. The first-order chi connectivity index (χ1) is 7.45. The molecule has 0 saturated carbocycles. The zero-order chi connectivity index (χ0) is 13.0. The van der Waals surface area contributed by atoms with Gasteiger partial charge in [0.1, 0.15) is 0 Å². The average Bonchev–Trinajstić information content (AvgIpc) is 2.29. The van der Waals surface area contributed by atoms with Crippen molar-refractivity contribution in [3.8, 4) is 0 Å². The first-order valence-electron chi connectivity index (χ1n) is 4.88. The van der Waals surface area contributed by atoms with Crippen molar-refractivity contribution in [1.82, 2.24) is 0 Å². The summed E-state index contributed by atoms with van der Waals surface area (Å²) in [5.74, 6) is 0. The minimum atomic E-state index is -2.05. The van der Waals surface area contributed by atoms with Crippen LogP contribution in [0.25, 0.3) is 0 Å². The first kappa shape index (κ1) is 18.7. The molecule has 100 valence electrons. The predicted molar refractivity (Wildman–Crippen MR) is 64.3 cm³/mol. The van der Waals surface area contributed by atoms with E-state index in [1.165, 1.54) is 0 Å². The monoisotopic (exact) mass is 275 g/mol. The van der Waals surface area contributed by atoms with Crippen LogP contribution in [0.3, 0.4) is 0 Å². The van der Waals surface area contributed by atoms with Crippen molar-refractivity contribution in [3.63, 3.8) is 0 Å². The summed E-state index contributed by atoms with van der Waals surface area (Å²) in [6.07, 6.45) is 1.08. The summed E-state index contributed by atoms with van der Waals surface area (Å²) in [4.78, 5) is 16.4. The number of hydrogen-bond acceptors (Lipinski definition) is 7. The zero-order valence-corrected chi connectivity index (χ0v) is 11.7. The highest BCUT2D eigenvalue weighted by Crippen LogP contribution is 2.23. The van der Waals surface area contributed by atoms with Gasteiger partial charge in [-0.15, -0.1) is 0 Å². The highest BCUT2D eigenvalue weighted by atomic mass is 31.2. The molecule has 0 aromatic rings. The number of hydrogen-bond donors (Lipinski definition) is 6. The highest BCUT2D eigenvalue weighted by molar-refractivity contribution is 7.40. The summed E-state index contributed by atoms with van der Waals surface area (Å²) in [7, 11) is -2.66. The van der Waals surface area contributed by atoms with Gasteiger partial charge in [-0.1, -0.05) is 13.3 Å². The largest absolute Gasteiger partial charge is 0.394 e. The molecule has 0 radical (unpaired) electrons. The van der Waals surface area contributed by atoms with Gasteiger partial charge in [0, 0.05) is 0 Å². The summed E-state index contributed by atoms with van der Waals surface area (Å²) in [5, 5.41) is 25.0. The van der Waals surface area contributed by atoms with Gasteiger partial charge in [-0.3, -0.25) is 0 Å². The van der Waals surface area contributed by atoms with Gasteiger partial charge in [0.2, 0.25) is 0 Å². The molecular formula is C7H22NO6PSi. The lowest BCUT2D eigenvalue weighted by Crippen LogP contribution is -2.50. The van der Waals surface area contributed by atoms with Crippen molar-refractivity contribution in [1.29, 1.82) is 0 Å². The van der Waals surface area contributed by atoms with E-state index in [0.717, 1.165) is 12.5 Å². The van der Waals surface area contributed by atoms with Crippen LogP contribution in [0.15, 0.2) is 0 Å². The SMILES string of the molecule is CCC[SiH2]OP(O)O.NC(CO)(CO)CO. The zero-order valence-electron chi connectivity index (χ0n) is 9.41. The van der Waals surface area contributed by atoms with Crippen molar-refractivity contribution in [2.45, 2.75) is 24.9 Å². The third kappa shape index (κ3) is 12.4. The summed E-state index contributed by atoms with van der Waals surface area (Å²) in [6, 6.07) is 1.03. The third-order valence-electron chi connectivity index (χ3n) is 1.65. The Balaban J connectivity index is 0. The van der Waals surface area contributed by atoms with Gasteiger partial charge < -0.3 is 35.1 Å². The van der Waals surface area contributed by atoms with Crippen LogP contribution in [0.5, 0.6) is 0 Å². The molecule has 0 aliphatic carbocycles. The molecule has 16 heavy (non-hydrogen) atoms. The lowest BCUT2D eigenvalue weighted by atomic mass is 10.1. The van der Waals surface area contributed by atoms with Crippen LogP contribution < -0.4 is 5.73 Å². The van der Waals surface area contributed by atoms with Crippen LogP contribution in [-0.4, -0.2) is 60.2 Å². The molecule has 0 bridgehead atoms. The smallest absolute Gasteiger partial charge is 0.315 e. The maximum absolute atomic E-state index is 8.34. The Morgan fingerprint density at radius 3 is 1.81 bits per heavy atom. The van der Waals surface area contributed by atoms with Gasteiger partial charge in [0.25, 0.3) is 0 Å². The van der Waals surface area contributed by atoms with E-state index in [4.69, 9.17) is 30.8 Å². The Hall–Kier alpha value is 0.367. The second-order valence-corrected chi connectivity index (χ2v) is 5.93. The minimum Gasteiger partial charge on any atom is -0.394 e. The molecule has 9 heteroatoms. The van der Waals surface area contributed by atoms with Crippen molar-refractivity contribution in [2.75, 3.05) is 19.8 Å². The van der Waals surface area contributed by atoms with Crippen LogP contribution >= 0.6 is 8.60 Å². The molecule has 0 unspecified atom stereocenters. The van der Waals surface area contributed by atoms with Crippen molar-refractivity contribution in [2.24, 2.45) is 5.73 Å². The average molecular weight is 275 g/mol.